The van der Waals surface area contributed by atoms with Crippen LogP contribution in [0.1, 0.15) is 30.7 Å². The van der Waals surface area contributed by atoms with Crippen LogP contribution in [0, 0.1) is 0 Å². The molecule has 1 atom stereocenters. The average Bonchev–Trinajstić information content (AvgIpc) is 2.88. The molecule has 0 spiro atoms. The van der Waals surface area contributed by atoms with Crippen molar-refractivity contribution in [3.05, 3.63) is 57.4 Å². The lowest BCUT2D eigenvalue weighted by Crippen LogP contribution is -2.23. The van der Waals surface area contributed by atoms with Gasteiger partial charge in [-0.1, -0.05) is 30.7 Å². The molecule has 0 aliphatic carbocycles. The van der Waals surface area contributed by atoms with Gasteiger partial charge in [0.05, 0.1) is 17.3 Å². The molecule has 4 heteroatoms. The van der Waals surface area contributed by atoms with Crippen molar-refractivity contribution in [2.45, 2.75) is 19.4 Å². The minimum Gasteiger partial charge on any atom is -0.467 e. The van der Waals surface area contributed by atoms with Gasteiger partial charge < -0.3 is 9.73 Å². The minimum absolute atomic E-state index is 0.00931. The van der Waals surface area contributed by atoms with Gasteiger partial charge in [-0.05, 0) is 52.7 Å². The Labute approximate surface area is 120 Å². The van der Waals surface area contributed by atoms with E-state index in [0.717, 1.165) is 33.8 Å². The molecule has 0 saturated heterocycles. The molecule has 0 aliphatic rings. The van der Waals surface area contributed by atoms with Gasteiger partial charge in [-0.15, -0.1) is 0 Å². The van der Waals surface area contributed by atoms with Gasteiger partial charge >= 0.3 is 0 Å². The molecule has 1 unspecified atom stereocenters. The number of rotatable bonds is 5. The van der Waals surface area contributed by atoms with Gasteiger partial charge in [-0.25, -0.2) is 0 Å². The zero-order valence-electron chi connectivity index (χ0n) is 10.1. The Morgan fingerprint density at radius 1 is 1.33 bits per heavy atom. The normalized spacial score (nSPS) is 12.6. The second-order valence-corrected chi connectivity index (χ2v) is 5.28. The molecule has 0 radical (unpaired) electrons. The standard InChI is InChI=1S/C14H15BrClNO/c1-2-8-17-14(12-7-4-9-18-12)10-5-3-6-11(15)13(10)16/h3-7,9,14,17H,2,8H2,1H3. The SMILES string of the molecule is CCCNC(c1ccco1)c1cccc(Br)c1Cl. The number of hydrogen-bond donors (Lipinski definition) is 1. The summed E-state index contributed by atoms with van der Waals surface area (Å²) in [7, 11) is 0. The summed E-state index contributed by atoms with van der Waals surface area (Å²) in [5, 5.41) is 4.18. The number of halogens is 2. The molecule has 0 saturated carbocycles. The number of nitrogens with one attached hydrogen (secondary N) is 1. The Balaban J connectivity index is 2.37. The Bertz CT molecular complexity index is 499. The maximum atomic E-state index is 6.36. The van der Waals surface area contributed by atoms with E-state index >= 15 is 0 Å². The van der Waals surface area contributed by atoms with Crippen molar-refractivity contribution in [3.8, 4) is 0 Å². The minimum atomic E-state index is -0.00931. The monoisotopic (exact) mass is 327 g/mol. The van der Waals surface area contributed by atoms with Crippen LogP contribution in [0.25, 0.3) is 0 Å². The summed E-state index contributed by atoms with van der Waals surface area (Å²) in [6, 6.07) is 9.78. The maximum Gasteiger partial charge on any atom is 0.125 e. The molecule has 2 aromatic rings. The Morgan fingerprint density at radius 3 is 2.83 bits per heavy atom. The van der Waals surface area contributed by atoms with E-state index in [9.17, 15) is 0 Å². The molecule has 0 bridgehead atoms. The molecule has 1 N–H and O–H groups in total. The van der Waals surface area contributed by atoms with Crippen LogP contribution >= 0.6 is 27.5 Å². The summed E-state index contributed by atoms with van der Waals surface area (Å²) in [4.78, 5) is 0. The first-order chi connectivity index (χ1) is 8.74. The fraction of sp³-hybridized carbons (Fsp3) is 0.286. The molecule has 2 nitrogen and oxygen atoms in total. The Morgan fingerprint density at radius 2 is 2.17 bits per heavy atom. The predicted octanol–water partition coefficient (Wildman–Crippen LogP) is 4.78. The highest BCUT2D eigenvalue weighted by Gasteiger charge is 2.19. The van der Waals surface area contributed by atoms with E-state index in [1.807, 2.05) is 30.3 Å². The van der Waals surface area contributed by atoms with Gasteiger partial charge in [0, 0.05) is 4.47 Å². The molecule has 1 aromatic carbocycles. The van der Waals surface area contributed by atoms with Crippen molar-refractivity contribution < 1.29 is 4.42 Å². The summed E-state index contributed by atoms with van der Waals surface area (Å²) in [5.41, 5.74) is 1.02. The van der Waals surface area contributed by atoms with Crippen molar-refractivity contribution in [1.82, 2.24) is 5.32 Å². The quantitative estimate of drug-likeness (QED) is 0.854. The van der Waals surface area contributed by atoms with Crippen LogP contribution < -0.4 is 5.32 Å². The molecule has 1 heterocycles. The highest BCUT2D eigenvalue weighted by atomic mass is 79.9. The zero-order chi connectivity index (χ0) is 13.0. The molecule has 18 heavy (non-hydrogen) atoms. The third-order valence-electron chi connectivity index (χ3n) is 2.72. The van der Waals surface area contributed by atoms with E-state index in [1.165, 1.54) is 0 Å². The van der Waals surface area contributed by atoms with Gasteiger partial charge in [-0.2, -0.15) is 0 Å². The Hall–Kier alpha value is -0.770. The molecular formula is C14H15BrClNO. The summed E-state index contributed by atoms with van der Waals surface area (Å²) in [6.45, 7) is 3.04. The molecule has 0 amide bonds. The predicted molar refractivity (Wildman–Crippen MR) is 78.0 cm³/mol. The zero-order valence-corrected chi connectivity index (χ0v) is 12.5. The second-order valence-electron chi connectivity index (χ2n) is 4.05. The van der Waals surface area contributed by atoms with Crippen LogP contribution in [-0.4, -0.2) is 6.54 Å². The molecular weight excluding hydrogens is 314 g/mol. The smallest absolute Gasteiger partial charge is 0.125 e. The summed E-state index contributed by atoms with van der Waals surface area (Å²) < 4.78 is 6.41. The average molecular weight is 329 g/mol. The van der Waals surface area contributed by atoms with Crippen LogP contribution in [0.5, 0.6) is 0 Å². The van der Waals surface area contributed by atoms with Crippen LogP contribution in [0.15, 0.2) is 45.5 Å². The largest absolute Gasteiger partial charge is 0.467 e. The molecule has 2 rings (SSSR count). The third kappa shape index (κ3) is 2.97. The van der Waals surface area contributed by atoms with Crippen molar-refractivity contribution >= 4 is 27.5 Å². The van der Waals surface area contributed by atoms with Crippen LogP contribution in [0.4, 0.5) is 0 Å². The van der Waals surface area contributed by atoms with Gasteiger partial charge in [0.2, 0.25) is 0 Å². The van der Waals surface area contributed by atoms with Crippen molar-refractivity contribution in [2.24, 2.45) is 0 Å². The van der Waals surface area contributed by atoms with Crippen molar-refractivity contribution in [2.75, 3.05) is 6.54 Å². The van der Waals surface area contributed by atoms with Crippen molar-refractivity contribution in [1.29, 1.82) is 0 Å². The van der Waals surface area contributed by atoms with Gasteiger partial charge in [0.25, 0.3) is 0 Å². The highest BCUT2D eigenvalue weighted by Crippen LogP contribution is 2.33. The summed E-state index contributed by atoms with van der Waals surface area (Å²) in [5.74, 6) is 0.878. The fourth-order valence-electron chi connectivity index (χ4n) is 1.85. The second kappa shape index (κ2) is 6.41. The van der Waals surface area contributed by atoms with E-state index in [-0.39, 0.29) is 6.04 Å². The Kier molecular flexibility index (Phi) is 4.87. The van der Waals surface area contributed by atoms with Crippen LogP contribution in [0.2, 0.25) is 5.02 Å². The molecule has 1 aromatic heterocycles. The lowest BCUT2D eigenvalue weighted by molar-refractivity contribution is 0.446. The third-order valence-corrected chi connectivity index (χ3v) is 4.03. The van der Waals surface area contributed by atoms with E-state index in [1.54, 1.807) is 6.26 Å². The van der Waals surface area contributed by atoms with Gasteiger partial charge in [0.15, 0.2) is 0 Å². The van der Waals surface area contributed by atoms with E-state index in [2.05, 4.69) is 28.2 Å². The van der Waals surface area contributed by atoms with Crippen molar-refractivity contribution in [3.63, 3.8) is 0 Å². The summed E-state index contributed by atoms with van der Waals surface area (Å²) >= 11 is 9.81. The fourth-order valence-corrected chi connectivity index (χ4v) is 2.47. The first-order valence-electron chi connectivity index (χ1n) is 5.94. The van der Waals surface area contributed by atoms with Crippen LogP contribution in [0.3, 0.4) is 0 Å². The molecule has 96 valence electrons. The maximum absolute atomic E-state index is 6.36. The topological polar surface area (TPSA) is 25.2 Å². The number of hydrogen-bond acceptors (Lipinski definition) is 2. The first-order valence-corrected chi connectivity index (χ1v) is 7.11. The lowest BCUT2D eigenvalue weighted by atomic mass is 10.0. The van der Waals surface area contributed by atoms with Gasteiger partial charge in [-0.3, -0.25) is 0 Å². The van der Waals surface area contributed by atoms with Crippen LogP contribution in [-0.2, 0) is 0 Å². The van der Waals surface area contributed by atoms with E-state index < -0.39 is 0 Å². The molecule has 0 fully saturated rings. The lowest BCUT2D eigenvalue weighted by Gasteiger charge is -2.18. The summed E-state index contributed by atoms with van der Waals surface area (Å²) in [6.07, 6.45) is 2.74. The van der Waals surface area contributed by atoms with E-state index in [4.69, 9.17) is 16.0 Å². The molecule has 0 aliphatic heterocycles. The number of furan rings is 1. The first kappa shape index (κ1) is 13.7. The van der Waals surface area contributed by atoms with E-state index in [0.29, 0.717) is 0 Å². The number of benzene rings is 1. The highest BCUT2D eigenvalue weighted by molar-refractivity contribution is 9.10. The van der Waals surface area contributed by atoms with Gasteiger partial charge in [0.1, 0.15) is 5.76 Å².